The molecule has 1 unspecified atom stereocenters. The van der Waals surface area contributed by atoms with Crippen molar-refractivity contribution in [2.24, 2.45) is 5.92 Å². The van der Waals surface area contributed by atoms with E-state index in [4.69, 9.17) is 0 Å². The highest BCUT2D eigenvalue weighted by Crippen LogP contribution is 2.14. The van der Waals surface area contributed by atoms with Gasteiger partial charge in [-0.1, -0.05) is 20.8 Å². The molecular formula is C28H58N8. The fourth-order valence-electron chi connectivity index (χ4n) is 6.74. The molecule has 0 bridgehead atoms. The lowest BCUT2D eigenvalue weighted by Crippen LogP contribution is -2.36. The van der Waals surface area contributed by atoms with Crippen LogP contribution in [-0.4, -0.2) is 171 Å². The molecule has 1 atom stereocenters. The molecule has 0 aromatic rings. The van der Waals surface area contributed by atoms with Crippen LogP contribution >= 0.6 is 0 Å². The third-order valence-electron chi connectivity index (χ3n) is 8.80. The SMILES string of the molecule is CCCN1CCN(CCCCN2CCN(CC(C)CN3CCN(CCCN4CCN(CC)C4)C3)C2)C1. The molecular weight excluding hydrogens is 448 g/mol. The standard InChI is InChI=1S/C28H58N8/c1-4-9-30-16-17-31(25-30)10-6-7-11-32-18-20-35(26-32)22-28(3)23-36-21-19-34(27-36)13-8-12-33-15-14-29(5-2)24-33/h28H,4-27H2,1-3H3. The molecule has 4 aliphatic heterocycles. The van der Waals surface area contributed by atoms with Gasteiger partial charge in [-0.2, -0.15) is 0 Å². The quantitative estimate of drug-likeness (QED) is 0.291. The summed E-state index contributed by atoms with van der Waals surface area (Å²) in [7, 11) is 0. The highest BCUT2D eigenvalue weighted by Gasteiger charge is 2.25. The summed E-state index contributed by atoms with van der Waals surface area (Å²) in [5.74, 6) is 0.760. The zero-order valence-corrected chi connectivity index (χ0v) is 24.1. The van der Waals surface area contributed by atoms with Gasteiger partial charge in [0.1, 0.15) is 0 Å². The van der Waals surface area contributed by atoms with Crippen LogP contribution in [0.5, 0.6) is 0 Å². The van der Waals surface area contributed by atoms with Crippen molar-refractivity contribution < 1.29 is 0 Å². The Hall–Kier alpha value is -0.320. The van der Waals surface area contributed by atoms with E-state index in [9.17, 15) is 0 Å². The van der Waals surface area contributed by atoms with Crippen LogP contribution in [0, 0.1) is 5.92 Å². The van der Waals surface area contributed by atoms with E-state index in [1.807, 2.05) is 0 Å². The summed E-state index contributed by atoms with van der Waals surface area (Å²) in [6, 6.07) is 0. The van der Waals surface area contributed by atoms with E-state index >= 15 is 0 Å². The third-order valence-corrected chi connectivity index (χ3v) is 8.80. The zero-order chi connectivity index (χ0) is 25.2. The maximum absolute atomic E-state index is 2.71. The Bertz CT molecular complexity index is 606. The van der Waals surface area contributed by atoms with Gasteiger partial charge in [0.2, 0.25) is 0 Å². The van der Waals surface area contributed by atoms with Crippen molar-refractivity contribution in [2.75, 3.05) is 131 Å². The molecule has 0 aromatic heterocycles. The second-order valence-electron chi connectivity index (χ2n) is 12.2. The Kier molecular flexibility index (Phi) is 12.2. The summed E-state index contributed by atoms with van der Waals surface area (Å²) in [6.45, 7) is 32.0. The van der Waals surface area contributed by atoms with Gasteiger partial charge in [0.15, 0.2) is 0 Å². The van der Waals surface area contributed by atoms with E-state index in [0.29, 0.717) is 0 Å². The lowest BCUT2D eigenvalue weighted by molar-refractivity contribution is 0.175. The summed E-state index contributed by atoms with van der Waals surface area (Å²) < 4.78 is 0. The molecule has 36 heavy (non-hydrogen) atoms. The third kappa shape index (κ3) is 9.45. The van der Waals surface area contributed by atoms with E-state index < -0.39 is 0 Å². The molecule has 0 aliphatic carbocycles. The molecule has 8 heteroatoms. The minimum atomic E-state index is 0.760. The average molecular weight is 507 g/mol. The van der Waals surface area contributed by atoms with Crippen molar-refractivity contribution >= 4 is 0 Å². The van der Waals surface area contributed by atoms with Crippen LogP contribution in [0.4, 0.5) is 0 Å². The summed E-state index contributed by atoms with van der Waals surface area (Å²) in [4.78, 5) is 21.2. The van der Waals surface area contributed by atoms with Gasteiger partial charge in [-0.25, -0.2) is 0 Å². The van der Waals surface area contributed by atoms with E-state index in [-0.39, 0.29) is 0 Å². The lowest BCUT2D eigenvalue weighted by atomic mass is 10.1. The number of nitrogens with zero attached hydrogens (tertiary/aromatic N) is 8. The van der Waals surface area contributed by atoms with Gasteiger partial charge in [-0.3, -0.25) is 39.2 Å². The van der Waals surface area contributed by atoms with Crippen LogP contribution in [0.1, 0.15) is 46.5 Å². The van der Waals surface area contributed by atoms with Crippen LogP contribution in [0.15, 0.2) is 0 Å². The van der Waals surface area contributed by atoms with Crippen LogP contribution in [0.2, 0.25) is 0 Å². The molecule has 4 aliphatic rings. The molecule has 0 amide bonds. The van der Waals surface area contributed by atoms with Gasteiger partial charge in [0.25, 0.3) is 0 Å². The fourth-order valence-corrected chi connectivity index (χ4v) is 6.74. The van der Waals surface area contributed by atoms with Crippen molar-refractivity contribution in [3.05, 3.63) is 0 Å². The molecule has 0 radical (unpaired) electrons. The maximum Gasteiger partial charge on any atom is 0.0507 e. The van der Waals surface area contributed by atoms with Crippen molar-refractivity contribution in [3.8, 4) is 0 Å². The molecule has 0 saturated carbocycles. The molecule has 4 fully saturated rings. The highest BCUT2D eigenvalue weighted by atomic mass is 15.4. The van der Waals surface area contributed by atoms with Gasteiger partial charge in [-0.15, -0.1) is 0 Å². The van der Waals surface area contributed by atoms with E-state index in [0.717, 1.165) is 5.92 Å². The minimum Gasteiger partial charge on any atom is -0.289 e. The Morgan fingerprint density at radius 1 is 0.444 bits per heavy atom. The van der Waals surface area contributed by atoms with Crippen molar-refractivity contribution in [1.82, 2.24) is 39.2 Å². The summed E-state index contributed by atoms with van der Waals surface area (Å²) in [5, 5.41) is 0. The first-order valence-corrected chi connectivity index (χ1v) is 15.4. The predicted octanol–water partition coefficient (Wildman–Crippen LogP) is 1.52. The van der Waals surface area contributed by atoms with Crippen molar-refractivity contribution in [2.45, 2.75) is 46.5 Å². The summed E-state index contributed by atoms with van der Waals surface area (Å²) >= 11 is 0. The number of rotatable bonds is 16. The Morgan fingerprint density at radius 3 is 1.25 bits per heavy atom. The Balaban J connectivity index is 1.00. The number of likely N-dealkylation sites (N-methyl/N-ethyl adjacent to an activating group) is 1. The normalized spacial score (nSPS) is 25.8. The van der Waals surface area contributed by atoms with Crippen molar-refractivity contribution in [1.29, 1.82) is 0 Å². The predicted molar refractivity (Wildman–Crippen MR) is 151 cm³/mol. The second kappa shape index (κ2) is 15.3. The van der Waals surface area contributed by atoms with Gasteiger partial charge >= 0.3 is 0 Å². The molecule has 8 nitrogen and oxygen atoms in total. The van der Waals surface area contributed by atoms with E-state index in [1.165, 1.54) is 157 Å². The molecule has 4 rings (SSSR count). The minimum absolute atomic E-state index is 0.760. The van der Waals surface area contributed by atoms with Crippen LogP contribution < -0.4 is 0 Å². The van der Waals surface area contributed by atoms with Gasteiger partial charge in [0.05, 0.1) is 26.7 Å². The second-order valence-corrected chi connectivity index (χ2v) is 12.2. The first-order valence-electron chi connectivity index (χ1n) is 15.4. The first kappa shape index (κ1) is 28.7. The zero-order valence-electron chi connectivity index (χ0n) is 24.1. The molecule has 0 spiro atoms. The smallest absolute Gasteiger partial charge is 0.0507 e. The molecule has 4 heterocycles. The lowest BCUT2D eigenvalue weighted by Gasteiger charge is -2.26. The van der Waals surface area contributed by atoms with Crippen LogP contribution in [-0.2, 0) is 0 Å². The largest absolute Gasteiger partial charge is 0.289 e. The molecule has 4 saturated heterocycles. The van der Waals surface area contributed by atoms with Gasteiger partial charge < -0.3 is 0 Å². The average Bonchev–Trinajstić information content (AvgIpc) is 3.66. The van der Waals surface area contributed by atoms with Crippen molar-refractivity contribution in [3.63, 3.8) is 0 Å². The maximum atomic E-state index is 2.71. The monoisotopic (exact) mass is 506 g/mol. The number of hydrogen-bond donors (Lipinski definition) is 0. The van der Waals surface area contributed by atoms with Gasteiger partial charge in [-0.05, 0) is 57.8 Å². The molecule has 210 valence electrons. The summed E-state index contributed by atoms with van der Waals surface area (Å²) in [5.41, 5.74) is 0. The fraction of sp³-hybridized carbons (Fsp3) is 1.00. The molecule has 0 N–H and O–H groups in total. The molecule has 0 aromatic carbocycles. The number of hydrogen-bond acceptors (Lipinski definition) is 8. The van der Waals surface area contributed by atoms with E-state index in [2.05, 4.69) is 60.0 Å². The van der Waals surface area contributed by atoms with Gasteiger partial charge in [0, 0.05) is 78.5 Å². The Morgan fingerprint density at radius 2 is 0.806 bits per heavy atom. The number of unbranched alkanes of at least 4 members (excludes halogenated alkanes) is 1. The summed E-state index contributed by atoms with van der Waals surface area (Å²) in [6.07, 6.45) is 5.31. The van der Waals surface area contributed by atoms with Crippen LogP contribution in [0.25, 0.3) is 0 Å². The van der Waals surface area contributed by atoms with E-state index in [1.54, 1.807) is 0 Å². The highest BCUT2D eigenvalue weighted by molar-refractivity contribution is 4.78. The first-order chi connectivity index (χ1) is 17.6. The Labute approximate surface area is 223 Å². The van der Waals surface area contributed by atoms with Crippen LogP contribution in [0.3, 0.4) is 0 Å². The topological polar surface area (TPSA) is 25.9 Å².